The van der Waals surface area contributed by atoms with Crippen molar-refractivity contribution in [2.45, 2.75) is 69.9 Å². The van der Waals surface area contributed by atoms with Gasteiger partial charge >= 0.3 is 0 Å². The molecule has 2 fully saturated rings. The van der Waals surface area contributed by atoms with Gasteiger partial charge in [0, 0.05) is 0 Å². The molecular weight excluding hydrogens is 402 g/mol. The second-order valence-electron chi connectivity index (χ2n) is 9.28. The van der Waals surface area contributed by atoms with E-state index in [4.69, 9.17) is 11.1 Å². The highest BCUT2D eigenvalue weighted by molar-refractivity contribution is 7.27. The maximum atomic E-state index is 13.7. The summed E-state index contributed by atoms with van der Waals surface area (Å²) in [5.74, 6) is -0.757. The molecule has 0 amide bonds. The van der Waals surface area contributed by atoms with Crippen LogP contribution in [0.2, 0.25) is 12.1 Å². The van der Waals surface area contributed by atoms with E-state index < -0.39 is 19.0 Å². The lowest BCUT2D eigenvalue weighted by atomic mass is 9.61. The van der Waals surface area contributed by atoms with Crippen molar-refractivity contribution in [3.05, 3.63) is 65.7 Å². The molecule has 0 nitrogen and oxygen atoms in total. The highest BCUT2D eigenvalue weighted by Crippen LogP contribution is 2.52. The molecule has 1 aliphatic heterocycles. The average Bonchev–Trinajstić information content (AvgIpc) is 2.76. The molecule has 0 N–H and O–H groups in total. The molecule has 1 saturated heterocycles. The van der Waals surface area contributed by atoms with Gasteiger partial charge in [-0.15, -0.1) is 0 Å². The maximum Gasteiger partial charge on any atom is 0.186 e. The van der Waals surface area contributed by atoms with Crippen LogP contribution in [0.4, 0.5) is 8.78 Å². The van der Waals surface area contributed by atoms with Gasteiger partial charge in [-0.1, -0.05) is 68.5 Å². The first-order valence-electron chi connectivity index (χ1n) is 11.2. The first kappa shape index (κ1) is 21.1. The standard InChI is InChI=1S/C25H31ClF2Si/c26-29(22-7-3-1-4-8-22)17-12-21(13-18-29)25(14-5-2-6-15-25)16-11-20-9-10-23(27)24(28)19-20/h1,3-4,7-10,19,21H,2,5-6,11-18H2. The Labute approximate surface area is 179 Å². The Kier molecular flexibility index (Phi) is 6.46. The predicted molar refractivity (Wildman–Crippen MR) is 120 cm³/mol. The Morgan fingerprint density at radius 1 is 0.897 bits per heavy atom. The minimum absolute atomic E-state index is 0.354. The largest absolute Gasteiger partial charge is 0.204 e. The van der Waals surface area contributed by atoms with Crippen molar-refractivity contribution >= 4 is 23.6 Å². The summed E-state index contributed by atoms with van der Waals surface area (Å²) in [6.45, 7) is 0. The zero-order chi connectivity index (χ0) is 20.3. The average molecular weight is 433 g/mol. The van der Waals surface area contributed by atoms with Crippen LogP contribution in [0.15, 0.2) is 48.5 Å². The lowest BCUT2D eigenvalue weighted by molar-refractivity contribution is 0.0746. The zero-order valence-corrected chi connectivity index (χ0v) is 18.9. The summed E-state index contributed by atoms with van der Waals surface area (Å²) in [7, 11) is -1.87. The lowest BCUT2D eigenvalue weighted by Crippen LogP contribution is -2.47. The van der Waals surface area contributed by atoms with E-state index in [1.54, 1.807) is 6.07 Å². The first-order valence-corrected chi connectivity index (χ1v) is 14.6. The summed E-state index contributed by atoms with van der Waals surface area (Å²) in [5, 5.41) is 1.39. The monoisotopic (exact) mass is 432 g/mol. The Morgan fingerprint density at radius 3 is 2.24 bits per heavy atom. The van der Waals surface area contributed by atoms with E-state index in [1.165, 1.54) is 62.3 Å². The molecule has 0 atom stereocenters. The van der Waals surface area contributed by atoms with Crippen molar-refractivity contribution in [3.63, 3.8) is 0 Å². The molecule has 156 valence electrons. The van der Waals surface area contributed by atoms with Gasteiger partial charge in [-0.2, -0.15) is 11.1 Å². The van der Waals surface area contributed by atoms with Crippen molar-refractivity contribution < 1.29 is 8.78 Å². The van der Waals surface area contributed by atoms with Crippen LogP contribution in [0.25, 0.3) is 0 Å². The summed E-state index contributed by atoms with van der Waals surface area (Å²) in [5.41, 5.74) is 1.28. The van der Waals surface area contributed by atoms with Crippen LogP contribution in [0.3, 0.4) is 0 Å². The third-order valence-electron chi connectivity index (χ3n) is 7.68. The summed E-state index contributed by atoms with van der Waals surface area (Å²) in [6.07, 6.45) is 10.9. The molecule has 2 aromatic carbocycles. The molecule has 0 aromatic heterocycles. The second kappa shape index (κ2) is 8.89. The van der Waals surface area contributed by atoms with Crippen molar-refractivity contribution in [1.82, 2.24) is 0 Å². The summed E-state index contributed by atoms with van der Waals surface area (Å²) in [6, 6.07) is 17.5. The Balaban J connectivity index is 1.46. The van der Waals surface area contributed by atoms with Gasteiger partial charge in [-0.3, -0.25) is 0 Å². The fourth-order valence-electron chi connectivity index (χ4n) is 5.92. The first-order chi connectivity index (χ1) is 14.0. The highest BCUT2D eigenvalue weighted by atomic mass is 35.6. The quantitative estimate of drug-likeness (QED) is 0.342. The second-order valence-corrected chi connectivity index (χ2v) is 15.0. The number of rotatable bonds is 5. The van der Waals surface area contributed by atoms with Crippen LogP contribution < -0.4 is 5.19 Å². The molecule has 0 radical (unpaired) electrons. The van der Waals surface area contributed by atoms with Crippen LogP contribution in [-0.4, -0.2) is 7.38 Å². The highest BCUT2D eigenvalue weighted by Gasteiger charge is 2.45. The van der Waals surface area contributed by atoms with Crippen LogP contribution >= 0.6 is 11.1 Å². The fourth-order valence-corrected chi connectivity index (χ4v) is 10.2. The predicted octanol–water partition coefficient (Wildman–Crippen LogP) is 7.35. The molecule has 4 heteroatoms. The van der Waals surface area contributed by atoms with Gasteiger partial charge in [0.05, 0.1) is 0 Å². The van der Waals surface area contributed by atoms with Crippen LogP contribution in [-0.2, 0) is 6.42 Å². The third kappa shape index (κ3) is 4.61. The number of benzene rings is 2. The molecule has 2 aromatic rings. The van der Waals surface area contributed by atoms with Gasteiger partial charge in [0.25, 0.3) is 0 Å². The molecule has 1 heterocycles. The fraction of sp³-hybridized carbons (Fsp3) is 0.520. The Bertz CT molecular complexity index is 809. The van der Waals surface area contributed by atoms with Gasteiger partial charge in [-0.05, 0) is 72.0 Å². The molecule has 29 heavy (non-hydrogen) atoms. The number of halogens is 3. The number of aryl methyl sites for hydroxylation is 1. The molecule has 1 aliphatic carbocycles. The molecule has 0 bridgehead atoms. The van der Waals surface area contributed by atoms with E-state index in [9.17, 15) is 8.78 Å². The SMILES string of the molecule is Fc1ccc(CCC2(C3CC[Si](Cl)(c4ccccc4)CC3)CCCCC2)cc1F. The van der Waals surface area contributed by atoms with Crippen LogP contribution in [0.5, 0.6) is 0 Å². The zero-order valence-electron chi connectivity index (χ0n) is 17.1. The molecule has 2 aliphatic rings. The van der Waals surface area contributed by atoms with E-state index in [-0.39, 0.29) is 0 Å². The van der Waals surface area contributed by atoms with E-state index in [0.29, 0.717) is 5.41 Å². The van der Waals surface area contributed by atoms with E-state index in [0.717, 1.165) is 36.4 Å². The molecule has 4 rings (SSSR count). The van der Waals surface area contributed by atoms with Gasteiger partial charge in [0.2, 0.25) is 0 Å². The number of hydrogen-bond acceptors (Lipinski definition) is 0. The van der Waals surface area contributed by atoms with Gasteiger partial charge in [-0.25, -0.2) is 8.78 Å². The van der Waals surface area contributed by atoms with Crippen molar-refractivity contribution in [3.8, 4) is 0 Å². The van der Waals surface area contributed by atoms with Gasteiger partial charge in [0.1, 0.15) is 0 Å². The Morgan fingerprint density at radius 2 is 1.59 bits per heavy atom. The lowest BCUT2D eigenvalue weighted by Gasteiger charge is -2.48. The smallest absolute Gasteiger partial charge is 0.186 e. The van der Waals surface area contributed by atoms with Gasteiger partial charge in [0.15, 0.2) is 19.0 Å². The van der Waals surface area contributed by atoms with E-state index in [1.807, 2.05) is 0 Å². The van der Waals surface area contributed by atoms with Crippen LogP contribution in [0.1, 0.15) is 56.9 Å². The minimum Gasteiger partial charge on any atom is -0.204 e. The number of hydrogen-bond donors (Lipinski definition) is 0. The Hall–Kier alpha value is -1.19. The van der Waals surface area contributed by atoms with Crippen molar-refractivity contribution in [2.75, 3.05) is 0 Å². The van der Waals surface area contributed by atoms with E-state index >= 15 is 0 Å². The minimum atomic E-state index is -1.87. The maximum absolute atomic E-state index is 13.7. The summed E-state index contributed by atoms with van der Waals surface area (Å²) < 4.78 is 26.9. The van der Waals surface area contributed by atoms with Crippen LogP contribution in [0, 0.1) is 23.0 Å². The van der Waals surface area contributed by atoms with E-state index in [2.05, 4.69) is 30.3 Å². The molecular formula is C25H31ClF2Si. The summed E-state index contributed by atoms with van der Waals surface area (Å²) >= 11 is 7.22. The molecule has 0 spiro atoms. The van der Waals surface area contributed by atoms with Gasteiger partial charge < -0.3 is 0 Å². The normalized spacial score (nSPS) is 26.9. The third-order valence-corrected chi connectivity index (χ3v) is 13.0. The molecule has 1 saturated carbocycles. The van der Waals surface area contributed by atoms with Crippen molar-refractivity contribution in [2.24, 2.45) is 11.3 Å². The summed E-state index contributed by atoms with van der Waals surface area (Å²) in [4.78, 5) is 0. The van der Waals surface area contributed by atoms with Crippen molar-refractivity contribution in [1.29, 1.82) is 0 Å². The topological polar surface area (TPSA) is 0 Å². The molecule has 0 unspecified atom stereocenters.